The van der Waals surface area contributed by atoms with Gasteiger partial charge in [-0.25, -0.2) is 0 Å². The monoisotopic (exact) mass is 310 g/mol. The predicted molar refractivity (Wildman–Crippen MR) is 82.4 cm³/mol. The van der Waals surface area contributed by atoms with E-state index in [0.29, 0.717) is 16.9 Å². The second-order valence-corrected chi connectivity index (χ2v) is 6.49. The Morgan fingerprint density at radius 2 is 1.73 bits per heavy atom. The molecule has 0 saturated carbocycles. The third kappa shape index (κ3) is 1.79. The molecule has 0 radical (unpaired) electrons. The highest BCUT2D eigenvalue weighted by molar-refractivity contribution is 7.93. The number of anilines is 1. The third-order valence-electron chi connectivity index (χ3n) is 3.42. The first kappa shape index (κ1) is 12.9. The largest absolute Gasteiger partial charge is 0.287 e. The van der Waals surface area contributed by atoms with Crippen LogP contribution in [0.3, 0.4) is 0 Å². The molecule has 2 heterocycles. The van der Waals surface area contributed by atoms with Gasteiger partial charge in [0.05, 0.1) is 5.52 Å². The molecule has 0 unspecified atom stereocenters. The zero-order valence-electron chi connectivity index (χ0n) is 11.3. The molecular weight excluding hydrogens is 300 g/mol. The first-order chi connectivity index (χ1) is 10.7. The van der Waals surface area contributed by atoms with E-state index in [1.807, 2.05) is 12.1 Å². The average Bonchev–Trinajstić information content (AvgIpc) is 2.55. The van der Waals surface area contributed by atoms with Crippen molar-refractivity contribution >= 4 is 32.3 Å². The van der Waals surface area contributed by atoms with Crippen molar-refractivity contribution in [3.8, 4) is 0 Å². The summed E-state index contributed by atoms with van der Waals surface area (Å²) in [5.74, 6) is 0. The van der Waals surface area contributed by atoms with Crippen molar-refractivity contribution in [1.82, 2.24) is 4.98 Å². The first-order valence-electron chi connectivity index (χ1n) is 6.58. The van der Waals surface area contributed by atoms with Crippen LogP contribution in [-0.2, 0) is 10.0 Å². The van der Waals surface area contributed by atoms with Crippen molar-refractivity contribution in [2.24, 2.45) is 10.3 Å². The maximum absolute atomic E-state index is 12.8. The maximum Gasteiger partial charge on any atom is 0.287 e. The number of rotatable bonds is 1. The Hall–Kier alpha value is -2.80. The molecule has 2 aromatic carbocycles. The van der Waals surface area contributed by atoms with Gasteiger partial charge in [-0.3, -0.25) is 4.98 Å². The lowest BCUT2D eigenvalue weighted by Gasteiger charge is -2.22. The van der Waals surface area contributed by atoms with Crippen LogP contribution in [-0.4, -0.2) is 13.4 Å². The average molecular weight is 310 g/mol. The number of benzene rings is 2. The zero-order valence-corrected chi connectivity index (χ0v) is 12.1. The quantitative estimate of drug-likeness (QED) is 0.691. The van der Waals surface area contributed by atoms with Gasteiger partial charge in [0.15, 0.2) is 0 Å². The molecular formula is C15H10N4O2S. The summed E-state index contributed by atoms with van der Waals surface area (Å²) >= 11 is 0. The number of hydrogen-bond donors (Lipinski definition) is 0. The van der Waals surface area contributed by atoms with Crippen LogP contribution < -0.4 is 4.41 Å². The molecule has 0 atom stereocenters. The van der Waals surface area contributed by atoms with Gasteiger partial charge in [0.2, 0.25) is 0 Å². The van der Waals surface area contributed by atoms with Gasteiger partial charge in [0.25, 0.3) is 10.0 Å². The highest BCUT2D eigenvalue weighted by Crippen LogP contribution is 2.37. The number of sulfonamides is 1. The van der Waals surface area contributed by atoms with Gasteiger partial charge in [-0.05, 0) is 24.3 Å². The SMILES string of the molecule is O=S1(=O)c2ccccc2N=NN1c1cccc2cccnc12. The van der Waals surface area contributed by atoms with E-state index in [1.54, 1.807) is 42.6 Å². The third-order valence-corrected chi connectivity index (χ3v) is 5.05. The van der Waals surface area contributed by atoms with E-state index in [9.17, 15) is 8.42 Å². The Balaban J connectivity index is 1.98. The van der Waals surface area contributed by atoms with Crippen LogP contribution in [0, 0.1) is 0 Å². The topological polar surface area (TPSA) is 75.0 Å². The number of fused-ring (bicyclic) bond motifs is 2. The van der Waals surface area contributed by atoms with Gasteiger partial charge in [0, 0.05) is 11.6 Å². The Kier molecular flexibility index (Phi) is 2.70. The van der Waals surface area contributed by atoms with E-state index >= 15 is 0 Å². The van der Waals surface area contributed by atoms with Crippen molar-refractivity contribution in [2.45, 2.75) is 4.90 Å². The van der Waals surface area contributed by atoms with E-state index in [2.05, 4.69) is 15.3 Å². The van der Waals surface area contributed by atoms with Gasteiger partial charge >= 0.3 is 0 Å². The Bertz CT molecular complexity index is 1010. The smallest absolute Gasteiger partial charge is 0.254 e. The molecule has 0 saturated heterocycles. The van der Waals surface area contributed by atoms with E-state index in [-0.39, 0.29) is 4.90 Å². The minimum atomic E-state index is -3.79. The summed E-state index contributed by atoms with van der Waals surface area (Å²) < 4.78 is 26.5. The minimum Gasteiger partial charge on any atom is -0.254 e. The standard InChI is InChI=1S/C15H10N4O2S/c20-22(21)14-9-2-1-7-12(14)17-18-19(22)13-8-3-5-11-6-4-10-16-15(11)13/h1-10H. The summed E-state index contributed by atoms with van der Waals surface area (Å²) in [7, 11) is -3.79. The zero-order chi connectivity index (χ0) is 15.2. The van der Waals surface area contributed by atoms with Crippen LogP contribution in [0.2, 0.25) is 0 Å². The molecule has 0 bridgehead atoms. The molecule has 1 aliphatic rings. The maximum atomic E-state index is 12.8. The molecule has 6 nitrogen and oxygen atoms in total. The lowest BCUT2D eigenvalue weighted by atomic mass is 10.2. The molecule has 22 heavy (non-hydrogen) atoms. The van der Waals surface area contributed by atoms with Gasteiger partial charge in [-0.1, -0.05) is 35.6 Å². The molecule has 4 rings (SSSR count). The number of pyridine rings is 1. The highest BCUT2D eigenvalue weighted by Gasteiger charge is 2.32. The van der Waals surface area contributed by atoms with Crippen molar-refractivity contribution in [3.63, 3.8) is 0 Å². The van der Waals surface area contributed by atoms with Crippen LogP contribution in [0.4, 0.5) is 11.4 Å². The van der Waals surface area contributed by atoms with Gasteiger partial charge in [-0.15, -0.1) is 9.53 Å². The summed E-state index contributed by atoms with van der Waals surface area (Å²) in [5.41, 5.74) is 1.29. The molecule has 3 aromatic rings. The van der Waals surface area contributed by atoms with E-state index in [0.717, 1.165) is 9.80 Å². The fourth-order valence-electron chi connectivity index (χ4n) is 2.41. The summed E-state index contributed by atoms with van der Waals surface area (Å²) in [4.78, 5) is 4.41. The molecule has 0 spiro atoms. The number of hydrogen-bond acceptors (Lipinski definition) is 5. The molecule has 1 aliphatic heterocycles. The van der Waals surface area contributed by atoms with Gasteiger partial charge in [-0.2, -0.15) is 8.42 Å². The fourth-order valence-corrected chi connectivity index (χ4v) is 3.76. The van der Waals surface area contributed by atoms with Crippen LogP contribution in [0.1, 0.15) is 0 Å². The molecule has 108 valence electrons. The lowest BCUT2D eigenvalue weighted by Crippen LogP contribution is -2.27. The molecule has 1 aromatic heterocycles. The molecule has 7 heteroatoms. The Labute approximate surface area is 126 Å². The summed E-state index contributed by atoms with van der Waals surface area (Å²) in [6.07, 6.45) is 1.62. The first-order valence-corrected chi connectivity index (χ1v) is 8.02. The van der Waals surface area contributed by atoms with E-state index < -0.39 is 10.0 Å². The van der Waals surface area contributed by atoms with Crippen molar-refractivity contribution in [3.05, 3.63) is 60.8 Å². The van der Waals surface area contributed by atoms with Crippen molar-refractivity contribution < 1.29 is 8.42 Å². The van der Waals surface area contributed by atoms with Crippen LogP contribution in [0.15, 0.2) is 76.0 Å². The van der Waals surface area contributed by atoms with E-state index in [1.165, 1.54) is 6.07 Å². The molecule has 0 fully saturated rings. The van der Waals surface area contributed by atoms with Gasteiger partial charge in [0.1, 0.15) is 16.3 Å². The van der Waals surface area contributed by atoms with Gasteiger partial charge < -0.3 is 0 Å². The number of aromatic nitrogens is 1. The lowest BCUT2D eigenvalue weighted by molar-refractivity contribution is 0.588. The van der Waals surface area contributed by atoms with Crippen LogP contribution >= 0.6 is 0 Å². The van der Waals surface area contributed by atoms with Crippen LogP contribution in [0.25, 0.3) is 10.9 Å². The van der Waals surface area contributed by atoms with E-state index in [4.69, 9.17) is 0 Å². The number of nitrogens with zero attached hydrogens (tertiary/aromatic N) is 4. The second-order valence-electron chi connectivity index (χ2n) is 4.76. The molecule has 0 amide bonds. The highest BCUT2D eigenvalue weighted by atomic mass is 32.2. The Morgan fingerprint density at radius 1 is 0.909 bits per heavy atom. The summed E-state index contributed by atoms with van der Waals surface area (Å²) in [6.45, 7) is 0. The summed E-state index contributed by atoms with van der Waals surface area (Å²) in [5, 5.41) is 8.71. The normalized spacial score (nSPS) is 15.7. The predicted octanol–water partition coefficient (Wildman–Crippen LogP) is 3.44. The number of para-hydroxylation sites is 1. The van der Waals surface area contributed by atoms with Crippen molar-refractivity contribution in [2.75, 3.05) is 4.41 Å². The van der Waals surface area contributed by atoms with Crippen LogP contribution in [0.5, 0.6) is 0 Å². The minimum absolute atomic E-state index is 0.137. The Morgan fingerprint density at radius 3 is 2.64 bits per heavy atom. The molecule has 0 aliphatic carbocycles. The molecule has 0 N–H and O–H groups in total. The second kappa shape index (κ2) is 4.60. The van der Waals surface area contributed by atoms with Crippen molar-refractivity contribution in [1.29, 1.82) is 0 Å². The summed E-state index contributed by atoms with van der Waals surface area (Å²) in [6, 6.07) is 15.5. The fraction of sp³-hybridized carbons (Fsp3) is 0.